The van der Waals surface area contributed by atoms with E-state index in [1.807, 2.05) is 18.2 Å². The highest BCUT2D eigenvalue weighted by molar-refractivity contribution is 5.71. The predicted molar refractivity (Wildman–Crippen MR) is 101 cm³/mol. The molecule has 1 N–H and O–H groups in total. The van der Waals surface area contributed by atoms with E-state index in [9.17, 15) is 8.78 Å². The van der Waals surface area contributed by atoms with E-state index in [0.29, 0.717) is 17.0 Å². The highest BCUT2D eigenvalue weighted by Crippen LogP contribution is 2.37. The van der Waals surface area contributed by atoms with Gasteiger partial charge in [-0.1, -0.05) is 38.1 Å². The van der Waals surface area contributed by atoms with Crippen LogP contribution in [0.5, 0.6) is 0 Å². The molecule has 3 rings (SSSR count). The summed E-state index contributed by atoms with van der Waals surface area (Å²) in [6.07, 6.45) is 2.07. The Bertz CT molecular complexity index is 808. The van der Waals surface area contributed by atoms with Gasteiger partial charge in [-0.3, -0.25) is 0 Å². The Labute approximate surface area is 148 Å². The van der Waals surface area contributed by atoms with Gasteiger partial charge in [0.25, 0.3) is 0 Å². The third-order valence-electron chi connectivity index (χ3n) is 5.39. The highest BCUT2D eigenvalue weighted by Gasteiger charge is 2.27. The molecule has 0 bridgehead atoms. The van der Waals surface area contributed by atoms with Crippen LogP contribution in [0.4, 0.5) is 14.5 Å². The van der Waals surface area contributed by atoms with Crippen molar-refractivity contribution in [3.63, 3.8) is 0 Å². The maximum atomic E-state index is 14.0. The molecule has 0 saturated carbocycles. The lowest BCUT2D eigenvalue weighted by Crippen LogP contribution is -2.28. The van der Waals surface area contributed by atoms with Gasteiger partial charge in [0.1, 0.15) is 11.6 Å². The van der Waals surface area contributed by atoms with Gasteiger partial charge in [0.15, 0.2) is 0 Å². The first-order chi connectivity index (χ1) is 11.8. The third-order valence-corrected chi connectivity index (χ3v) is 5.39. The van der Waals surface area contributed by atoms with Crippen LogP contribution < -0.4 is 5.32 Å². The largest absolute Gasteiger partial charge is 0.385 e. The summed E-state index contributed by atoms with van der Waals surface area (Å²) < 4.78 is 27.5. The van der Waals surface area contributed by atoms with Gasteiger partial charge in [-0.25, -0.2) is 8.78 Å². The molecule has 132 valence electrons. The SMILES string of the molecule is C=C(C)C(C)(C)CC1CNc2cc(-c3cc(F)ccc3F)ccc2C1. The molecule has 3 heteroatoms. The minimum atomic E-state index is -0.427. The Morgan fingerprint density at radius 1 is 1.20 bits per heavy atom. The molecule has 1 aliphatic rings. The maximum absolute atomic E-state index is 14.0. The van der Waals surface area contributed by atoms with E-state index in [2.05, 4.69) is 32.7 Å². The molecule has 1 heterocycles. The fraction of sp³-hybridized carbons (Fsp3) is 0.364. The van der Waals surface area contributed by atoms with Gasteiger partial charge in [-0.05, 0) is 66.5 Å². The van der Waals surface area contributed by atoms with E-state index in [1.54, 1.807) is 0 Å². The van der Waals surface area contributed by atoms with Crippen molar-refractivity contribution in [1.82, 2.24) is 0 Å². The fourth-order valence-electron chi connectivity index (χ4n) is 3.48. The molecule has 0 radical (unpaired) electrons. The molecule has 0 amide bonds. The second-order valence-electron chi connectivity index (χ2n) is 7.82. The van der Waals surface area contributed by atoms with Gasteiger partial charge in [0.05, 0.1) is 0 Å². The third kappa shape index (κ3) is 3.76. The van der Waals surface area contributed by atoms with Crippen LogP contribution in [0.2, 0.25) is 0 Å². The molecule has 2 aromatic carbocycles. The van der Waals surface area contributed by atoms with Crippen molar-refractivity contribution >= 4 is 5.69 Å². The van der Waals surface area contributed by atoms with Crippen molar-refractivity contribution < 1.29 is 8.78 Å². The van der Waals surface area contributed by atoms with Crippen LogP contribution >= 0.6 is 0 Å². The standard InChI is InChI=1S/C22H25F2N/c1-14(2)22(3,4)12-15-9-17-6-5-16(10-21(17)25-13-15)19-11-18(23)7-8-20(19)24/h5-8,10-11,15,25H,1,9,12-13H2,2-4H3. The van der Waals surface area contributed by atoms with Gasteiger partial charge < -0.3 is 5.32 Å². The zero-order valence-electron chi connectivity index (χ0n) is 15.1. The molecule has 25 heavy (non-hydrogen) atoms. The molecule has 0 aromatic heterocycles. The van der Waals surface area contributed by atoms with E-state index in [0.717, 1.165) is 31.1 Å². The van der Waals surface area contributed by atoms with E-state index < -0.39 is 11.6 Å². The van der Waals surface area contributed by atoms with E-state index >= 15 is 0 Å². The Morgan fingerprint density at radius 3 is 2.68 bits per heavy atom. The quantitative estimate of drug-likeness (QED) is 0.652. The minimum Gasteiger partial charge on any atom is -0.385 e. The Kier molecular flexibility index (Phi) is 4.68. The van der Waals surface area contributed by atoms with Gasteiger partial charge in [-0.15, -0.1) is 0 Å². The van der Waals surface area contributed by atoms with Crippen molar-refractivity contribution in [3.8, 4) is 11.1 Å². The molecule has 1 atom stereocenters. The normalized spacial score (nSPS) is 16.9. The lowest BCUT2D eigenvalue weighted by atomic mass is 9.75. The Morgan fingerprint density at radius 2 is 1.96 bits per heavy atom. The number of rotatable bonds is 4. The highest BCUT2D eigenvalue weighted by atomic mass is 19.1. The summed E-state index contributed by atoms with van der Waals surface area (Å²) >= 11 is 0. The van der Waals surface area contributed by atoms with Crippen LogP contribution in [-0.2, 0) is 6.42 Å². The molecule has 1 unspecified atom stereocenters. The molecule has 0 spiro atoms. The number of benzene rings is 2. The van der Waals surface area contributed by atoms with Crippen molar-refractivity contribution in [3.05, 3.63) is 65.7 Å². The van der Waals surface area contributed by atoms with Crippen LogP contribution in [0.3, 0.4) is 0 Å². The topological polar surface area (TPSA) is 12.0 Å². The lowest BCUT2D eigenvalue weighted by molar-refractivity contribution is 0.319. The number of anilines is 1. The van der Waals surface area contributed by atoms with Crippen LogP contribution in [-0.4, -0.2) is 6.54 Å². The fourth-order valence-corrected chi connectivity index (χ4v) is 3.48. The summed E-state index contributed by atoms with van der Waals surface area (Å²) in [6, 6.07) is 9.40. The van der Waals surface area contributed by atoms with Gasteiger partial charge >= 0.3 is 0 Å². The molecule has 0 saturated heterocycles. The van der Waals surface area contributed by atoms with Crippen molar-refractivity contribution in [1.29, 1.82) is 0 Å². The van der Waals surface area contributed by atoms with Crippen LogP contribution in [0.25, 0.3) is 11.1 Å². The first-order valence-corrected chi connectivity index (χ1v) is 8.74. The van der Waals surface area contributed by atoms with Gasteiger partial charge in [0.2, 0.25) is 0 Å². The molecule has 0 fully saturated rings. The maximum Gasteiger partial charge on any atom is 0.131 e. The van der Waals surface area contributed by atoms with E-state index in [-0.39, 0.29) is 5.41 Å². The molecular weight excluding hydrogens is 316 g/mol. The molecule has 2 aromatic rings. The minimum absolute atomic E-state index is 0.120. The van der Waals surface area contributed by atoms with Crippen molar-refractivity contribution in [2.24, 2.45) is 11.3 Å². The summed E-state index contributed by atoms with van der Waals surface area (Å²) in [5, 5.41) is 3.47. The van der Waals surface area contributed by atoms with E-state index in [1.165, 1.54) is 23.3 Å². The van der Waals surface area contributed by atoms with Gasteiger partial charge in [0, 0.05) is 17.8 Å². The van der Waals surface area contributed by atoms with Crippen molar-refractivity contribution in [2.75, 3.05) is 11.9 Å². The average Bonchev–Trinajstić information content (AvgIpc) is 2.56. The zero-order valence-corrected chi connectivity index (χ0v) is 15.1. The van der Waals surface area contributed by atoms with Crippen LogP contribution in [0, 0.1) is 23.0 Å². The zero-order chi connectivity index (χ0) is 18.2. The Hall–Kier alpha value is -2.16. The predicted octanol–water partition coefficient (Wildman–Crippen LogP) is 6.21. The molecule has 1 nitrogen and oxygen atoms in total. The second-order valence-corrected chi connectivity index (χ2v) is 7.82. The number of hydrogen-bond donors (Lipinski definition) is 1. The van der Waals surface area contributed by atoms with Crippen LogP contribution in [0.15, 0.2) is 48.6 Å². The summed E-state index contributed by atoms with van der Waals surface area (Å²) in [6.45, 7) is 11.6. The van der Waals surface area contributed by atoms with Gasteiger partial charge in [-0.2, -0.15) is 0 Å². The number of hydrogen-bond acceptors (Lipinski definition) is 1. The average molecular weight is 341 g/mol. The Balaban J connectivity index is 1.82. The number of nitrogens with one attached hydrogen (secondary N) is 1. The summed E-state index contributed by atoms with van der Waals surface area (Å²) in [7, 11) is 0. The lowest BCUT2D eigenvalue weighted by Gasteiger charge is -2.34. The summed E-state index contributed by atoms with van der Waals surface area (Å²) in [5.74, 6) is -0.293. The van der Waals surface area contributed by atoms with Crippen molar-refractivity contribution in [2.45, 2.75) is 33.6 Å². The summed E-state index contributed by atoms with van der Waals surface area (Å²) in [5.41, 5.74) is 4.57. The number of halogens is 2. The first-order valence-electron chi connectivity index (χ1n) is 8.74. The summed E-state index contributed by atoms with van der Waals surface area (Å²) in [4.78, 5) is 0. The molecular formula is C22H25F2N. The number of allylic oxidation sites excluding steroid dienone is 1. The van der Waals surface area contributed by atoms with Crippen LogP contribution in [0.1, 0.15) is 32.8 Å². The second kappa shape index (κ2) is 6.62. The molecule has 1 aliphatic heterocycles. The molecule has 0 aliphatic carbocycles. The van der Waals surface area contributed by atoms with E-state index in [4.69, 9.17) is 0 Å². The number of fused-ring (bicyclic) bond motifs is 1. The monoisotopic (exact) mass is 341 g/mol. The smallest absolute Gasteiger partial charge is 0.131 e. The first kappa shape index (κ1) is 17.7.